The standard InChI is InChI=1S/C17H19N3O3S/c1-3-23-16(22)15-11(2)18-17(24-15)19-14(21)10-20-9-8-12-6-4-5-7-13(12)20/h4-7H,3,8-10H2,1-2H3,(H,18,19,21). The number of hydrogen-bond donors (Lipinski definition) is 1. The van der Waals surface area contributed by atoms with E-state index in [-0.39, 0.29) is 12.5 Å². The predicted molar refractivity (Wildman–Crippen MR) is 93.8 cm³/mol. The third-order valence-corrected chi connectivity index (χ3v) is 4.87. The summed E-state index contributed by atoms with van der Waals surface area (Å²) in [5.41, 5.74) is 2.94. The lowest BCUT2D eigenvalue weighted by Gasteiger charge is -2.18. The van der Waals surface area contributed by atoms with Crippen LogP contribution in [-0.4, -0.2) is 36.6 Å². The zero-order valence-corrected chi connectivity index (χ0v) is 14.5. The number of esters is 1. The van der Waals surface area contributed by atoms with Gasteiger partial charge in [-0.2, -0.15) is 0 Å². The van der Waals surface area contributed by atoms with Crippen molar-refractivity contribution >= 4 is 34.0 Å². The molecule has 1 N–H and O–H groups in total. The molecule has 0 aliphatic carbocycles. The maximum absolute atomic E-state index is 12.3. The summed E-state index contributed by atoms with van der Waals surface area (Å²) in [6.45, 7) is 4.90. The minimum Gasteiger partial charge on any atom is -0.462 e. The lowest BCUT2D eigenvalue weighted by atomic mass is 10.2. The topological polar surface area (TPSA) is 71.5 Å². The first kappa shape index (κ1) is 16.4. The molecule has 1 aromatic carbocycles. The maximum atomic E-state index is 12.3. The first-order chi connectivity index (χ1) is 11.6. The summed E-state index contributed by atoms with van der Waals surface area (Å²) in [4.78, 5) is 30.8. The number of fused-ring (bicyclic) bond motifs is 1. The van der Waals surface area contributed by atoms with Gasteiger partial charge in [-0.05, 0) is 31.9 Å². The summed E-state index contributed by atoms with van der Waals surface area (Å²) >= 11 is 1.14. The van der Waals surface area contributed by atoms with E-state index in [1.807, 2.05) is 18.2 Å². The Hall–Kier alpha value is -2.41. The third-order valence-electron chi connectivity index (χ3n) is 3.82. The first-order valence-corrected chi connectivity index (χ1v) is 8.67. The number of nitrogens with one attached hydrogen (secondary N) is 1. The normalized spacial score (nSPS) is 12.8. The van der Waals surface area contributed by atoms with Gasteiger partial charge in [-0.25, -0.2) is 9.78 Å². The van der Waals surface area contributed by atoms with E-state index in [1.54, 1.807) is 13.8 Å². The highest BCUT2D eigenvalue weighted by atomic mass is 32.1. The van der Waals surface area contributed by atoms with E-state index >= 15 is 0 Å². The van der Waals surface area contributed by atoms with Gasteiger partial charge in [0.05, 0.1) is 18.8 Å². The van der Waals surface area contributed by atoms with Crippen LogP contribution < -0.4 is 10.2 Å². The number of ether oxygens (including phenoxy) is 1. The van der Waals surface area contributed by atoms with Crippen molar-refractivity contribution in [3.8, 4) is 0 Å². The fraction of sp³-hybridized carbons (Fsp3) is 0.353. The van der Waals surface area contributed by atoms with Crippen molar-refractivity contribution in [2.24, 2.45) is 0 Å². The Morgan fingerprint density at radius 1 is 1.38 bits per heavy atom. The van der Waals surface area contributed by atoms with Crippen molar-refractivity contribution in [1.82, 2.24) is 4.98 Å². The van der Waals surface area contributed by atoms with Crippen LogP contribution in [0.15, 0.2) is 24.3 Å². The van der Waals surface area contributed by atoms with Gasteiger partial charge in [0.25, 0.3) is 0 Å². The van der Waals surface area contributed by atoms with Crippen LogP contribution in [0.3, 0.4) is 0 Å². The monoisotopic (exact) mass is 345 g/mol. The van der Waals surface area contributed by atoms with E-state index in [0.717, 1.165) is 30.0 Å². The summed E-state index contributed by atoms with van der Waals surface area (Å²) in [6.07, 6.45) is 0.951. The van der Waals surface area contributed by atoms with Crippen molar-refractivity contribution in [2.45, 2.75) is 20.3 Å². The van der Waals surface area contributed by atoms with Crippen molar-refractivity contribution in [3.05, 3.63) is 40.4 Å². The minimum atomic E-state index is -0.401. The number of carbonyl (C=O) groups is 2. The van der Waals surface area contributed by atoms with Gasteiger partial charge in [-0.15, -0.1) is 0 Å². The van der Waals surface area contributed by atoms with Crippen LogP contribution in [-0.2, 0) is 16.0 Å². The number of amides is 1. The number of hydrogen-bond acceptors (Lipinski definition) is 6. The summed E-state index contributed by atoms with van der Waals surface area (Å²) in [5.74, 6) is -0.544. The fourth-order valence-corrected chi connectivity index (χ4v) is 3.62. The molecule has 6 nitrogen and oxygen atoms in total. The Bertz CT molecular complexity index is 772. The van der Waals surface area contributed by atoms with Crippen LogP contribution in [0.2, 0.25) is 0 Å². The molecular formula is C17H19N3O3S. The highest BCUT2D eigenvalue weighted by Crippen LogP contribution is 2.27. The van der Waals surface area contributed by atoms with Crippen LogP contribution in [0.4, 0.5) is 10.8 Å². The Kier molecular flexibility index (Phi) is 4.80. The average molecular weight is 345 g/mol. The molecule has 1 aliphatic heterocycles. The number of carbonyl (C=O) groups excluding carboxylic acids is 2. The van der Waals surface area contributed by atoms with Crippen molar-refractivity contribution in [2.75, 3.05) is 29.9 Å². The van der Waals surface area contributed by atoms with Gasteiger partial charge in [0.1, 0.15) is 4.88 Å². The minimum absolute atomic E-state index is 0.143. The molecule has 0 atom stereocenters. The number of thiazole rings is 1. The number of para-hydroxylation sites is 1. The van der Waals surface area contributed by atoms with Crippen LogP contribution in [0.25, 0.3) is 0 Å². The number of nitrogens with zero attached hydrogens (tertiary/aromatic N) is 2. The zero-order chi connectivity index (χ0) is 17.1. The molecule has 1 amide bonds. The SMILES string of the molecule is CCOC(=O)c1sc(NC(=O)CN2CCc3ccccc32)nc1C. The van der Waals surface area contributed by atoms with Gasteiger partial charge in [-0.3, -0.25) is 4.79 Å². The Morgan fingerprint density at radius 2 is 2.17 bits per heavy atom. The van der Waals surface area contributed by atoms with Gasteiger partial charge in [0.15, 0.2) is 5.13 Å². The second-order valence-corrected chi connectivity index (χ2v) is 6.50. The molecule has 2 aromatic rings. The Balaban J connectivity index is 1.64. The summed E-state index contributed by atoms with van der Waals surface area (Å²) in [7, 11) is 0. The van der Waals surface area contributed by atoms with Gasteiger partial charge in [0.2, 0.25) is 5.91 Å². The van der Waals surface area contributed by atoms with Gasteiger partial charge < -0.3 is 15.0 Å². The molecule has 0 radical (unpaired) electrons. The molecule has 2 heterocycles. The summed E-state index contributed by atoms with van der Waals surface area (Å²) < 4.78 is 4.98. The van der Waals surface area contributed by atoms with Crippen molar-refractivity contribution in [1.29, 1.82) is 0 Å². The van der Waals surface area contributed by atoms with E-state index in [1.165, 1.54) is 5.56 Å². The third kappa shape index (κ3) is 3.41. The number of anilines is 2. The number of aryl methyl sites for hydroxylation is 1. The predicted octanol–water partition coefficient (Wildman–Crippen LogP) is 2.63. The van der Waals surface area contributed by atoms with Crippen LogP contribution >= 0.6 is 11.3 Å². The molecule has 0 saturated carbocycles. The van der Waals surface area contributed by atoms with Crippen molar-refractivity contribution < 1.29 is 14.3 Å². The van der Waals surface area contributed by atoms with E-state index in [4.69, 9.17) is 4.74 Å². The molecule has 0 spiro atoms. The smallest absolute Gasteiger partial charge is 0.350 e. The van der Waals surface area contributed by atoms with E-state index in [0.29, 0.717) is 22.3 Å². The van der Waals surface area contributed by atoms with Crippen LogP contribution in [0, 0.1) is 6.92 Å². The van der Waals surface area contributed by atoms with Gasteiger partial charge in [-0.1, -0.05) is 29.5 Å². The van der Waals surface area contributed by atoms with Crippen LogP contribution in [0.5, 0.6) is 0 Å². The average Bonchev–Trinajstić information content (AvgIpc) is 3.12. The van der Waals surface area contributed by atoms with Crippen LogP contribution in [0.1, 0.15) is 27.9 Å². The van der Waals surface area contributed by atoms with E-state index in [2.05, 4.69) is 21.3 Å². The molecule has 0 saturated heterocycles. The van der Waals surface area contributed by atoms with E-state index < -0.39 is 5.97 Å². The molecule has 126 valence electrons. The van der Waals surface area contributed by atoms with E-state index in [9.17, 15) is 9.59 Å². The first-order valence-electron chi connectivity index (χ1n) is 7.85. The second-order valence-electron chi connectivity index (χ2n) is 5.50. The Morgan fingerprint density at radius 3 is 2.96 bits per heavy atom. The molecule has 1 aliphatic rings. The molecule has 24 heavy (non-hydrogen) atoms. The fourth-order valence-electron chi connectivity index (χ4n) is 2.74. The van der Waals surface area contributed by atoms with Gasteiger partial charge in [0, 0.05) is 12.2 Å². The van der Waals surface area contributed by atoms with Gasteiger partial charge >= 0.3 is 5.97 Å². The number of rotatable bonds is 5. The zero-order valence-electron chi connectivity index (χ0n) is 13.7. The highest BCUT2D eigenvalue weighted by molar-refractivity contribution is 7.17. The number of benzene rings is 1. The molecule has 0 fully saturated rings. The molecule has 7 heteroatoms. The quantitative estimate of drug-likeness (QED) is 0.844. The molecule has 0 unspecified atom stereocenters. The van der Waals surface area contributed by atoms with Crippen molar-refractivity contribution in [3.63, 3.8) is 0 Å². The summed E-state index contributed by atoms with van der Waals surface area (Å²) in [6, 6.07) is 8.10. The Labute approximate surface area is 144 Å². The highest BCUT2D eigenvalue weighted by Gasteiger charge is 2.22. The molecule has 1 aromatic heterocycles. The lowest BCUT2D eigenvalue weighted by Crippen LogP contribution is -2.31. The number of aromatic nitrogens is 1. The maximum Gasteiger partial charge on any atom is 0.350 e. The molecule has 3 rings (SSSR count). The second kappa shape index (κ2) is 7.00. The molecular weight excluding hydrogens is 326 g/mol. The molecule has 0 bridgehead atoms. The largest absolute Gasteiger partial charge is 0.462 e. The lowest BCUT2D eigenvalue weighted by molar-refractivity contribution is -0.115. The summed E-state index contributed by atoms with van der Waals surface area (Å²) in [5, 5.41) is 3.20.